The van der Waals surface area contributed by atoms with Gasteiger partial charge >= 0.3 is 0 Å². The van der Waals surface area contributed by atoms with E-state index in [0.717, 1.165) is 12.2 Å². The van der Waals surface area contributed by atoms with Gasteiger partial charge in [-0.25, -0.2) is 4.98 Å². The zero-order valence-corrected chi connectivity index (χ0v) is 11.6. The van der Waals surface area contributed by atoms with Gasteiger partial charge < -0.3 is 9.32 Å². The summed E-state index contributed by atoms with van der Waals surface area (Å²) < 4.78 is 5.10. The van der Waals surface area contributed by atoms with Gasteiger partial charge in [0.25, 0.3) is 0 Å². The Bertz CT molecular complexity index is 558. The molecule has 0 saturated carbocycles. The van der Waals surface area contributed by atoms with Crippen molar-refractivity contribution in [2.45, 2.75) is 6.54 Å². The van der Waals surface area contributed by atoms with Crippen LogP contribution >= 0.6 is 11.3 Å². The lowest BCUT2D eigenvalue weighted by molar-refractivity contribution is -0.111. The molecule has 0 aliphatic heterocycles. The van der Waals surface area contributed by atoms with Gasteiger partial charge in [-0.1, -0.05) is 0 Å². The van der Waals surface area contributed by atoms with Gasteiger partial charge in [-0.2, -0.15) is 0 Å². The Morgan fingerprint density at radius 2 is 2.42 bits per heavy atom. The molecule has 1 amide bonds. The Labute approximate surface area is 115 Å². The lowest BCUT2D eigenvalue weighted by Gasteiger charge is -2.05. The molecule has 0 saturated heterocycles. The first-order chi connectivity index (χ1) is 9.13. The van der Waals surface area contributed by atoms with Crippen LogP contribution in [0.4, 0.5) is 5.13 Å². The van der Waals surface area contributed by atoms with Crippen LogP contribution in [-0.4, -0.2) is 29.9 Å². The summed E-state index contributed by atoms with van der Waals surface area (Å²) in [6.45, 7) is 0.759. The van der Waals surface area contributed by atoms with Gasteiger partial charge in [-0.3, -0.25) is 10.1 Å². The summed E-state index contributed by atoms with van der Waals surface area (Å²) in [5.74, 6) is 0.421. The first-order valence-electron chi connectivity index (χ1n) is 5.75. The average Bonchev–Trinajstić information content (AvgIpc) is 2.97. The summed E-state index contributed by atoms with van der Waals surface area (Å²) in [7, 11) is 3.95. The number of nitrogens with one attached hydrogen (secondary N) is 1. The smallest absolute Gasteiger partial charge is 0.250 e. The summed E-state index contributed by atoms with van der Waals surface area (Å²) in [6, 6.07) is 3.55. The van der Waals surface area contributed by atoms with Crippen molar-refractivity contribution in [1.29, 1.82) is 0 Å². The molecule has 5 nitrogen and oxygen atoms in total. The molecule has 0 aliphatic rings. The molecule has 0 aliphatic carbocycles. The Balaban J connectivity index is 1.90. The normalized spacial score (nSPS) is 11.3. The van der Waals surface area contributed by atoms with E-state index >= 15 is 0 Å². The van der Waals surface area contributed by atoms with Crippen molar-refractivity contribution in [3.05, 3.63) is 41.3 Å². The van der Waals surface area contributed by atoms with Gasteiger partial charge in [-0.05, 0) is 32.3 Å². The number of amides is 1. The molecule has 0 aromatic carbocycles. The topological polar surface area (TPSA) is 58.4 Å². The minimum atomic E-state index is -0.220. The van der Waals surface area contributed by atoms with Crippen molar-refractivity contribution in [2.75, 3.05) is 19.4 Å². The van der Waals surface area contributed by atoms with Gasteiger partial charge in [0, 0.05) is 18.0 Å². The van der Waals surface area contributed by atoms with E-state index in [1.807, 2.05) is 24.4 Å². The second-order valence-corrected chi connectivity index (χ2v) is 5.08. The van der Waals surface area contributed by atoms with Crippen molar-refractivity contribution in [3.63, 3.8) is 0 Å². The van der Waals surface area contributed by atoms with Crippen molar-refractivity contribution < 1.29 is 9.21 Å². The molecule has 0 radical (unpaired) electrons. The first-order valence-corrected chi connectivity index (χ1v) is 6.63. The highest BCUT2D eigenvalue weighted by Gasteiger charge is 2.05. The number of rotatable bonds is 5. The van der Waals surface area contributed by atoms with Crippen LogP contribution < -0.4 is 5.32 Å². The third kappa shape index (κ3) is 4.35. The Morgan fingerprint density at radius 1 is 1.58 bits per heavy atom. The zero-order chi connectivity index (χ0) is 13.7. The molecule has 0 bridgehead atoms. The Kier molecular flexibility index (Phi) is 4.48. The maximum Gasteiger partial charge on any atom is 0.250 e. The average molecular weight is 277 g/mol. The number of thiazole rings is 1. The third-order valence-electron chi connectivity index (χ3n) is 2.20. The lowest BCUT2D eigenvalue weighted by Crippen LogP contribution is -2.11. The molecule has 0 fully saturated rings. The van der Waals surface area contributed by atoms with Gasteiger partial charge in [0.1, 0.15) is 5.76 Å². The van der Waals surface area contributed by atoms with Crippen molar-refractivity contribution in [2.24, 2.45) is 0 Å². The molecule has 19 heavy (non-hydrogen) atoms. The van der Waals surface area contributed by atoms with E-state index in [9.17, 15) is 4.79 Å². The number of carbonyl (C=O) groups is 1. The van der Waals surface area contributed by atoms with E-state index in [1.54, 1.807) is 24.5 Å². The fourth-order valence-corrected chi connectivity index (χ4v) is 2.16. The summed E-state index contributed by atoms with van der Waals surface area (Å²) >= 11 is 1.42. The summed E-state index contributed by atoms with van der Waals surface area (Å²) in [5, 5.41) is 5.26. The second-order valence-electron chi connectivity index (χ2n) is 4.22. The zero-order valence-electron chi connectivity index (χ0n) is 10.8. The number of hydrogen-bond donors (Lipinski definition) is 1. The third-order valence-corrected chi connectivity index (χ3v) is 3.01. The van der Waals surface area contributed by atoms with Crippen LogP contribution in [-0.2, 0) is 11.3 Å². The molecule has 100 valence electrons. The monoisotopic (exact) mass is 277 g/mol. The first kappa shape index (κ1) is 13.5. The molecule has 2 aromatic heterocycles. The van der Waals surface area contributed by atoms with E-state index in [4.69, 9.17) is 4.42 Å². The van der Waals surface area contributed by atoms with E-state index < -0.39 is 0 Å². The summed E-state index contributed by atoms with van der Waals surface area (Å²) in [4.78, 5) is 18.0. The minimum Gasteiger partial charge on any atom is -0.465 e. The fourth-order valence-electron chi connectivity index (χ4n) is 1.45. The van der Waals surface area contributed by atoms with E-state index in [-0.39, 0.29) is 5.91 Å². The maximum atomic E-state index is 11.7. The van der Waals surface area contributed by atoms with Gasteiger partial charge in [0.05, 0.1) is 12.0 Å². The highest BCUT2D eigenvalue weighted by Crippen LogP contribution is 2.16. The second kappa shape index (κ2) is 6.31. The minimum absolute atomic E-state index is 0.220. The number of anilines is 1. The number of aromatic nitrogens is 1. The molecule has 2 aromatic rings. The standard InChI is InChI=1S/C13H15N3O2S/c1-16(2)8-10-9-19-13(14-10)15-12(17)6-5-11-4-3-7-18-11/h3-7,9H,8H2,1-2H3,(H,14,15,17)/b6-5+. The Hall–Kier alpha value is -1.92. The SMILES string of the molecule is CN(C)Cc1csc(NC(=O)/C=C/c2ccco2)n1. The maximum absolute atomic E-state index is 11.7. The number of nitrogens with zero attached hydrogens (tertiary/aromatic N) is 2. The molecule has 6 heteroatoms. The molecular weight excluding hydrogens is 262 g/mol. The van der Waals surface area contributed by atoms with E-state index in [1.165, 1.54) is 17.4 Å². The lowest BCUT2D eigenvalue weighted by atomic mass is 10.4. The van der Waals surface area contributed by atoms with E-state index in [2.05, 4.69) is 10.3 Å². The molecular formula is C13H15N3O2S. The molecule has 0 unspecified atom stereocenters. The molecule has 2 rings (SSSR count). The van der Waals surface area contributed by atoms with Crippen LogP contribution in [0, 0.1) is 0 Å². The predicted octanol–water partition coefficient (Wildman–Crippen LogP) is 2.45. The van der Waals surface area contributed by atoms with Crippen molar-refractivity contribution >= 4 is 28.5 Å². The highest BCUT2D eigenvalue weighted by molar-refractivity contribution is 7.13. The largest absolute Gasteiger partial charge is 0.465 e. The van der Waals surface area contributed by atoms with E-state index in [0.29, 0.717) is 10.9 Å². The van der Waals surface area contributed by atoms with Gasteiger partial charge in [0.2, 0.25) is 5.91 Å². The van der Waals surface area contributed by atoms with Crippen LogP contribution in [0.15, 0.2) is 34.3 Å². The fraction of sp³-hybridized carbons (Fsp3) is 0.231. The molecule has 0 atom stereocenters. The summed E-state index contributed by atoms with van der Waals surface area (Å²) in [6.07, 6.45) is 4.60. The van der Waals surface area contributed by atoms with Crippen LogP contribution in [0.3, 0.4) is 0 Å². The molecule has 0 spiro atoms. The van der Waals surface area contributed by atoms with Crippen LogP contribution in [0.1, 0.15) is 11.5 Å². The summed E-state index contributed by atoms with van der Waals surface area (Å²) in [5.41, 5.74) is 0.945. The van der Waals surface area contributed by atoms with Gasteiger partial charge in [0.15, 0.2) is 5.13 Å². The van der Waals surface area contributed by atoms with Crippen LogP contribution in [0.25, 0.3) is 6.08 Å². The number of furan rings is 1. The van der Waals surface area contributed by atoms with Gasteiger partial charge in [-0.15, -0.1) is 11.3 Å². The van der Waals surface area contributed by atoms with Crippen LogP contribution in [0.2, 0.25) is 0 Å². The predicted molar refractivity (Wildman–Crippen MR) is 75.9 cm³/mol. The highest BCUT2D eigenvalue weighted by atomic mass is 32.1. The quantitative estimate of drug-likeness (QED) is 0.853. The molecule has 1 N–H and O–H groups in total. The van der Waals surface area contributed by atoms with Crippen molar-refractivity contribution in [3.8, 4) is 0 Å². The van der Waals surface area contributed by atoms with Crippen LogP contribution in [0.5, 0.6) is 0 Å². The number of carbonyl (C=O) groups excluding carboxylic acids is 1. The van der Waals surface area contributed by atoms with Crippen molar-refractivity contribution in [1.82, 2.24) is 9.88 Å². The number of hydrogen-bond acceptors (Lipinski definition) is 5. The molecule has 2 heterocycles. The Morgan fingerprint density at radius 3 is 3.11 bits per heavy atom.